The first kappa shape index (κ1) is 30.6. The van der Waals surface area contributed by atoms with Gasteiger partial charge in [0.15, 0.2) is 0 Å². The summed E-state index contributed by atoms with van der Waals surface area (Å²) in [6.45, 7) is 1.95. The van der Waals surface area contributed by atoms with Gasteiger partial charge in [0.1, 0.15) is 12.7 Å². The molecule has 2 unspecified atom stereocenters. The zero-order valence-corrected chi connectivity index (χ0v) is 20.6. The molecule has 0 bridgehead atoms. The molecule has 0 aliphatic rings. The van der Waals surface area contributed by atoms with Gasteiger partial charge in [-0.15, -0.1) is 0 Å². The zero-order valence-electron chi connectivity index (χ0n) is 19.7. The Balaban J connectivity index is 3.34. The Bertz CT molecular complexity index is 450. The van der Waals surface area contributed by atoms with Crippen LogP contribution in [0.2, 0.25) is 0 Å². The number of hydrogen-bond donors (Lipinski definition) is 3. The van der Waals surface area contributed by atoms with Gasteiger partial charge < -0.3 is 20.5 Å². The lowest BCUT2D eigenvalue weighted by molar-refractivity contribution is 0.0311. The molecule has 0 aliphatic heterocycles. The highest BCUT2D eigenvalue weighted by atomic mass is 31.2. The van der Waals surface area contributed by atoms with Crippen molar-refractivity contribution in [3.8, 4) is 0 Å². The minimum absolute atomic E-state index is 0.00781. The maximum Gasteiger partial charge on any atom is 0.472 e. The van der Waals surface area contributed by atoms with Gasteiger partial charge in [-0.1, -0.05) is 90.4 Å². The third-order valence-electron chi connectivity index (χ3n) is 5.01. The third-order valence-corrected chi connectivity index (χ3v) is 5.99. The van der Waals surface area contributed by atoms with Crippen LogP contribution in [0.1, 0.15) is 103 Å². The molecule has 0 rings (SSSR count). The smallest absolute Gasteiger partial charge is 0.472 e. The zero-order chi connectivity index (χ0) is 23.0. The molecule has 7 nitrogen and oxygen atoms in total. The van der Waals surface area contributed by atoms with Gasteiger partial charge in [-0.05, 0) is 18.9 Å². The Kier molecular flexibility index (Phi) is 22.4. The lowest BCUT2D eigenvalue weighted by Crippen LogP contribution is -2.20. The molecule has 4 N–H and O–H groups in total. The normalized spacial score (nSPS) is 14.7. The molecule has 0 fully saturated rings. The van der Waals surface area contributed by atoms with Crippen molar-refractivity contribution in [2.45, 2.75) is 109 Å². The van der Waals surface area contributed by atoms with Crippen LogP contribution in [0.25, 0.3) is 0 Å². The van der Waals surface area contributed by atoms with E-state index >= 15 is 0 Å². The van der Waals surface area contributed by atoms with Crippen molar-refractivity contribution in [2.24, 2.45) is 5.73 Å². The highest BCUT2D eigenvalue weighted by molar-refractivity contribution is 7.47. The summed E-state index contributed by atoms with van der Waals surface area (Å²) in [5.74, 6) is 0. The number of hydrogen-bond acceptors (Lipinski definition) is 6. The number of aliphatic hydroxyl groups is 1. The minimum Gasteiger partial charge on any atom is -0.499 e. The number of aliphatic hydroxyl groups excluding tert-OH is 1. The van der Waals surface area contributed by atoms with Gasteiger partial charge in [-0.3, -0.25) is 9.05 Å². The van der Waals surface area contributed by atoms with Crippen molar-refractivity contribution in [1.82, 2.24) is 0 Å². The Morgan fingerprint density at radius 3 is 1.87 bits per heavy atom. The van der Waals surface area contributed by atoms with E-state index in [1.165, 1.54) is 83.5 Å². The Morgan fingerprint density at radius 1 is 0.839 bits per heavy atom. The summed E-state index contributed by atoms with van der Waals surface area (Å²) >= 11 is 0. The van der Waals surface area contributed by atoms with E-state index < -0.39 is 13.9 Å². The third kappa shape index (κ3) is 24.1. The predicted octanol–water partition coefficient (Wildman–Crippen LogP) is 5.84. The number of nitrogens with two attached hydrogens (primary N) is 1. The highest BCUT2D eigenvalue weighted by Gasteiger charge is 2.22. The molecule has 0 saturated carbocycles. The first-order valence-corrected chi connectivity index (χ1v) is 13.8. The van der Waals surface area contributed by atoms with Crippen LogP contribution in [0, 0.1) is 0 Å². The SMILES string of the molecule is CCCCCCCCCCCCCCCC/C=C/OCC(O)COP(=O)(O)OCCN. The van der Waals surface area contributed by atoms with E-state index in [0.29, 0.717) is 0 Å². The van der Waals surface area contributed by atoms with E-state index in [1.54, 1.807) is 6.26 Å². The first-order valence-electron chi connectivity index (χ1n) is 12.3. The Labute approximate surface area is 190 Å². The van der Waals surface area contributed by atoms with Gasteiger partial charge in [-0.2, -0.15) is 0 Å². The second-order valence-corrected chi connectivity index (χ2v) is 9.58. The van der Waals surface area contributed by atoms with Crippen molar-refractivity contribution in [2.75, 3.05) is 26.4 Å². The first-order chi connectivity index (χ1) is 15.0. The molecular formula is C23H48NO6P. The number of unbranched alkanes of at least 4 members (excludes halogenated alkanes) is 14. The van der Waals surface area contributed by atoms with E-state index in [-0.39, 0.29) is 26.4 Å². The van der Waals surface area contributed by atoms with Gasteiger partial charge in [0, 0.05) is 6.54 Å². The Morgan fingerprint density at radius 2 is 1.35 bits per heavy atom. The molecule has 186 valence electrons. The summed E-state index contributed by atoms with van der Waals surface area (Å²) < 4.78 is 25.9. The summed E-state index contributed by atoms with van der Waals surface area (Å²) in [6.07, 6.45) is 22.3. The van der Waals surface area contributed by atoms with Crippen LogP contribution in [-0.2, 0) is 18.3 Å². The van der Waals surface area contributed by atoms with Crippen LogP contribution in [0.5, 0.6) is 0 Å². The van der Waals surface area contributed by atoms with Crippen LogP contribution in [-0.4, -0.2) is 42.5 Å². The van der Waals surface area contributed by atoms with Crippen LogP contribution in [0.3, 0.4) is 0 Å². The second-order valence-electron chi connectivity index (χ2n) is 8.13. The standard InChI is InChI=1S/C23H48NO6P/c1-2-3-4-5-6-7-8-9-10-11-12-13-14-15-16-17-19-28-21-23(25)22-30-31(26,27)29-20-18-24/h17,19,23,25H,2-16,18,20-22,24H2,1H3,(H,26,27)/b19-17+. The second kappa shape index (κ2) is 22.8. The number of ether oxygens (including phenoxy) is 1. The van der Waals surface area contributed by atoms with E-state index in [0.717, 1.165) is 12.8 Å². The lowest BCUT2D eigenvalue weighted by atomic mass is 10.0. The van der Waals surface area contributed by atoms with Crippen LogP contribution >= 0.6 is 7.82 Å². The van der Waals surface area contributed by atoms with Crippen molar-refractivity contribution >= 4 is 7.82 Å². The highest BCUT2D eigenvalue weighted by Crippen LogP contribution is 2.42. The number of phosphoric ester groups is 1. The average Bonchev–Trinajstić information content (AvgIpc) is 2.75. The summed E-state index contributed by atoms with van der Waals surface area (Å²) in [4.78, 5) is 9.31. The Hall–Kier alpha value is -0.430. The molecule has 0 amide bonds. The summed E-state index contributed by atoms with van der Waals surface area (Å²) in [7, 11) is -4.15. The van der Waals surface area contributed by atoms with E-state index in [1.807, 2.05) is 6.08 Å². The molecule has 0 spiro atoms. The quantitative estimate of drug-likeness (QED) is 0.0932. The van der Waals surface area contributed by atoms with Crippen molar-refractivity contribution in [3.63, 3.8) is 0 Å². The summed E-state index contributed by atoms with van der Waals surface area (Å²) in [6, 6.07) is 0. The van der Waals surface area contributed by atoms with Crippen molar-refractivity contribution < 1.29 is 28.3 Å². The number of rotatable bonds is 24. The van der Waals surface area contributed by atoms with Gasteiger partial charge in [0.05, 0.1) is 19.5 Å². The van der Waals surface area contributed by atoms with Gasteiger partial charge in [0.25, 0.3) is 0 Å². The minimum atomic E-state index is -4.15. The average molecular weight is 466 g/mol. The lowest BCUT2D eigenvalue weighted by Gasteiger charge is -2.14. The molecule has 0 heterocycles. The molecule has 8 heteroatoms. The molecule has 0 radical (unpaired) electrons. The van der Waals surface area contributed by atoms with Gasteiger partial charge >= 0.3 is 7.82 Å². The maximum atomic E-state index is 11.4. The van der Waals surface area contributed by atoms with E-state index in [2.05, 4.69) is 16.0 Å². The molecule has 0 saturated heterocycles. The van der Waals surface area contributed by atoms with Crippen LogP contribution in [0.15, 0.2) is 12.3 Å². The fourth-order valence-corrected chi connectivity index (χ4v) is 3.96. The predicted molar refractivity (Wildman–Crippen MR) is 127 cm³/mol. The molecule has 0 aliphatic carbocycles. The van der Waals surface area contributed by atoms with Crippen LogP contribution in [0.4, 0.5) is 0 Å². The maximum absolute atomic E-state index is 11.4. The number of phosphoric acid groups is 1. The molecule has 31 heavy (non-hydrogen) atoms. The van der Waals surface area contributed by atoms with E-state index in [9.17, 15) is 14.6 Å². The van der Waals surface area contributed by atoms with E-state index in [4.69, 9.17) is 10.5 Å². The molecule has 2 atom stereocenters. The fourth-order valence-electron chi connectivity index (χ4n) is 3.19. The summed E-state index contributed by atoms with van der Waals surface area (Å²) in [5.41, 5.74) is 5.18. The molecule has 0 aromatic rings. The molecule has 0 aromatic heterocycles. The topological polar surface area (TPSA) is 111 Å². The summed E-state index contributed by atoms with van der Waals surface area (Å²) in [5, 5.41) is 9.68. The van der Waals surface area contributed by atoms with Gasteiger partial charge in [0.2, 0.25) is 0 Å². The van der Waals surface area contributed by atoms with Crippen LogP contribution < -0.4 is 5.73 Å². The molecule has 0 aromatic carbocycles. The van der Waals surface area contributed by atoms with Crippen molar-refractivity contribution in [3.05, 3.63) is 12.3 Å². The van der Waals surface area contributed by atoms with Gasteiger partial charge in [-0.25, -0.2) is 4.57 Å². The van der Waals surface area contributed by atoms with Crippen molar-refractivity contribution in [1.29, 1.82) is 0 Å². The number of allylic oxidation sites excluding steroid dienone is 1. The fraction of sp³-hybridized carbons (Fsp3) is 0.913. The molecular weight excluding hydrogens is 417 g/mol. The monoisotopic (exact) mass is 465 g/mol. The largest absolute Gasteiger partial charge is 0.499 e.